The van der Waals surface area contributed by atoms with Gasteiger partial charge in [0.1, 0.15) is 31.6 Å². The summed E-state index contributed by atoms with van der Waals surface area (Å²) in [5.41, 5.74) is 2.72. The molecule has 0 radical (unpaired) electrons. The second-order valence-corrected chi connectivity index (χ2v) is 13.7. The number of carbonyl (C=O) groups excluding carboxylic acids is 2. The number of rotatable bonds is 13. The van der Waals surface area contributed by atoms with E-state index in [-0.39, 0.29) is 47.9 Å². The Kier molecular flexibility index (Phi) is 11.0. The van der Waals surface area contributed by atoms with E-state index < -0.39 is 34.3 Å². The van der Waals surface area contributed by atoms with Gasteiger partial charge in [0.2, 0.25) is 11.8 Å². The number of fused-ring (bicyclic) bond motifs is 1. The third kappa shape index (κ3) is 8.32. The Hall–Kier alpha value is -4.90. The molecule has 1 aliphatic rings. The minimum Gasteiger partial charge on any atom is -0.486 e. The summed E-state index contributed by atoms with van der Waals surface area (Å²) in [6.07, 6.45) is 0.883. The van der Waals surface area contributed by atoms with Gasteiger partial charge in [0.15, 0.2) is 11.5 Å². The number of sulfonamides is 1. The Morgan fingerprint density at radius 3 is 2.21 bits per heavy atom. The van der Waals surface area contributed by atoms with E-state index in [0.717, 1.165) is 33.1 Å². The summed E-state index contributed by atoms with van der Waals surface area (Å²) in [6, 6.07) is 25.0. The highest BCUT2D eigenvalue weighted by atomic mass is 32.2. The summed E-state index contributed by atoms with van der Waals surface area (Å²) in [5.74, 6) is -0.853. The van der Waals surface area contributed by atoms with Crippen LogP contribution in [0.25, 0.3) is 0 Å². The molecule has 0 saturated carbocycles. The van der Waals surface area contributed by atoms with Crippen molar-refractivity contribution in [2.45, 2.75) is 57.1 Å². The first-order valence-corrected chi connectivity index (χ1v) is 17.4. The van der Waals surface area contributed by atoms with Crippen LogP contribution in [0.3, 0.4) is 0 Å². The molecule has 48 heavy (non-hydrogen) atoms. The van der Waals surface area contributed by atoms with Gasteiger partial charge in [-0.1, -0.05) is 67.1 Å². The maximum atomic E-state index is 14.6. The van der Waals surface area contributed by atoms with Crippen molar-refractivity contribution in [1.29, 1.82) is 0 Å². The van der Waals surface area contributed by atoms with Crippen LogP contribution < -0.4 is 19.1 Å². The van der Waals surface area contributed by atoms with Gasteiger partial charge in [0.05, 0.1) is 10.6 Å². The molecule has 0 bridgehead atoms. The van der Waals surface area contributed by atoms with E-state index in [1.807, 2.05) is 75.4 Å². The molecule has 0 saturated heterocycles. The molecule has 2 amide bonds. The molecule has 11 heteroatoms. The van der Waals surface area contributed by atoms with Gasteiger partial charge in [0, 0.05) is 25.1 Å². The number of halogens is 1. The Balaban J connectivity index is 1.57. The average molecular weight is 674 g/mol. The predicted molar refractivity (Wildman–Crippen MR) is 182 cm³/mol. The molecule has 0 unspecified atom stereocenters. The highest BCUT2D eigenvalue weighted by molar-refractivity contribution is 7.92. The minimum absolute atomic E-state index is 0.0475. The average Bonchev–Trinajstić information content (AvgIpc) is 3.10. The van der Waals surface area contributed by atoms with E-state index in [9.17, 15) is 22.4 Å². The van der Waals surface area contributed by atoms with Crippen LogP contribution in [0, 0.1) is 12.7 Å². The van der Waals surface area contributed by atoms with Gasteiger partial charge < -0.3 is 19.7 Å². The van der Waals surface area contributed by atoms with Gasteiger partial charge >= 0.3 is 0 Å². The van der Waals surface area contributed by atoms with Crippen molar-refractivity contribution in [2.24, 2.45) is 0 Å². The predicted octanol–water partition coefficient (Wildman–Crippen LogP) is 5.66. The highest BCUT2D eigenvalue weighted by Gasteiger charge is 2.35. The van der Waals surface area contributed by atoms with Crippen molar-refractivity contribution in [2.75, 3.05) is 24.1 Å². The minimum atomic E-state index is -4.41. The van der Waals surface area contributed by atoms with Crippen LogP contribution in [0.2, 0.25) is 0 Å². The molecule has 4 aromatic carbocycles. The lowest BCUT2D eigenvalue weighted by atomic mass is 10.0. The zero-order valence-corrected chi connectivity index (χ0v) is 28.1. The van der Waals surface area contributed by atoms with E-state index in [2.05, 4.69) is 5.32 Å². The molecule has 1 N–H and O–H groups in total. The Morgan fingerprint density at radius 2 is 1.54 bits per heavy atom. The Bertz CT molecular complexity index is 1820. The number of anilines is 1. The smallest absolute Gasteiger partial charge is 0.264 e. The number of amides is 2. The van der Waals surface area contributed by atoms with Crippen molar-refractivity contribution in [1.82, 2.24) is 10.2 Å². The molecule has 0 aliphatic carbocycles. The summed E-state index contributed by atoms with van der Waals surface area (Å²) in [4.78, 5) is 29.8. The molecule has 4 aromatic rings. The molecule has 1 aliphatic heterocycles. The number of ether oxygens (including phenoxy) is 2. The fourth-order valence-corrected chi connectivity index (χ4v) is 6.76. The quantitative estimate of drug-likeness (QED) is 0.197. The zero-order valence-electron chi connectivity index (χ0n) is 27.3. The number of hydrogen-bond acceptors (Lipinski definition) is 6. The fourth-order valence-electron chi connectivity index (χ4n) is 5.33. The molecule has 0 aromatic heterocycles. The molecule has 9 nitrogen and oxygen atoms in total. The fraction of sp³-hybridized carbons (Fsp3) is 0.297. The lowest BCUT2D eigenvalue weighted by Gasteiger charge is -2.34. The third-order valence-electron chi connectivity index (χ3n) is 8.24. The van der Waals surface area contributed by atoms with E-state index in [1.54, 1.807) is 0 Å². The maximum absolute atomic E-state index is 14.6. The van der Waals surface area contributed by atoms with Gasteiger partial charge in [-0.05, 0) is 67.8 Å². The standard InChI is InChI=1S/C37H40FN3O6S/c1-4-27(3)39-37(43)33(22-28-8-6-5-7-9-28)40(24-29-12-10-26(2)11-13-29)36(42)25-41(31-16-14-30(38)15-17-31)48(44,45)32-18-19-34-35(23-32)47-21-20-46-34/h5-19,23,27,33H,4,20-22,24-25H2,1-3H3,(H,39,43)/t27-,33+/m0/s1. The van der Waals surface area contributed by atoms with Gasteiger partial charge in [-0.25, -0.2) is 12.8 Å². The van der Waals surface area contributed by atoms with Crippen LogP contribution in [0.5, 0.6) is 11.5 Å². The number of nitrogens with one attached hydrogen (secondary N) is 1. The van der Waals surface area contributed by atoms with Crippen molar-refractivity contribution < 1.29 is 31.9 Å². The number of nitrogens with zero attached hydrogens (tertiary/aromatic N) is 2. The number of hydrogen-bond donors (Lipinski definition) is 1. The van der Waals surface area contributed by atoms with Crippen LogP contribution in [0.4, 0.5) is 10.1 Å². The van der Waals surface area contributed by atoms with Gasteiger partial charge in [0.25, 0.3) is 10.0 Å². The number of aryl methyl sites for hydroxylation is 1. The first-order chi connectivity index (χ1) is 23.0. The van der Waals surface area contributed by atoms with Crippen molar-refractivity contribution in [3.8, 4) is 11.5 Å². The molecule has 5 rings (SSSR count). The second-order valence-electron chi connectivity index (χ2n) is 11.8. The monoisotopic (exact) mass is 673 g/mol. The lowest BCUT2D eigenvalue weighted by Crippen LogP contribution is -2.54. The summed E-state index contributed by atoms with van der Waals surface area (Å²) in [5, 5.41) is 3.02. The first-order valence-electron chi connectivity index (χ1n) is 15.9. The molecule has 0 spiro atoms. The molecule has 1 heterocycles. The summed E-state index contributed by atoms with van der Waals surface area (Å²) >= 11 is 0. The molecular formula is C37H40FN3O6S. The third-order valence-corrected chi connectivity index (χ3v) is 10.0. The topological polar surface area (TPSA) is 105 Å². The van der Waals surface area contributed by atoms with Crippen LogP contribution in [0.15, 0.2) is 102 Å². The Morgan fingerprint density at radius 1 is 0.875 bits per heavy atom. The summed E-state index contributed by atoms with van der Waals surface area (Å²) in [6.45, 7) is 5.78. The zero-order chi connectivity index (χ0) is 34.3. The number of carbonyl (C=O) groups is 2. The summed E-state index contributed by atoms with van der Waals surface area (Å²) in [7, 11) is -4.41. The van der Waals surface area contributed by atoms with Crippen LogP contribution in [-0.4, -0.2) is 57.0 Å². The summed E-state index contributed by atoms with van der Waals surface area (Å²) < 4.78 is 54.8. The molecule has 0 fully saturated rings. The lowest BCUT2D eigenvalue weighted by molar-refractivity contribution is -0.140. The van der Waals surface area contributed by atoms with Gasteiger partial charge in [-0.2, -0.15) is 0 Å². The molecule has 2 atom stereocenters. The van der Waals surface area contributed by atoms with E-state index in [1.165, 1.54) is 35.2 Å². The van der Waals surface area contributed by atoms with Gasteiger partial charge in [-0.15, -0.1) is 0 Å². The highest BCUT2D eigenvalue weighted by Crippen LogP contribution is 2.34. The van der Waals surface area contributed by atoms with Crippen molar-refractivity contribution in [3.63, 3.8) is 0 Å². The largest absolute Gasteiger partial charge is 0.486 e. The van der Waals surface area contributed by atoms with E-state index >= 15 is 0 Å². The molecule has 252 valence electrons. The Labute approximate surface area is 281 Å². The van der Waals surface area contributed by atoms with E-state index in [4.69, 9.17) is 9.47 Å². The normalized spacial score (nSPS) is 13.7. The first kappa shape index (κ1) is 34.4. The number of benzene rings is 4. The SMILES string of the molecule is CC[C@H](C)NC(=O)[C@@H](Cc1ccccc1)N(Cc1ccc(C)cc1)C(=O)CN(c1ccc(F)cc1)S(=O)(=O)c1ccc2c(c1)OCCO2. The van der Waals surface area contributed by atoms with Crippen molar-refractivity contribution >= 4 is 27.5 Å². The van der Waals surface area contributed by atoms with Crippen LogP contribution in [0.1, 0.15) is 37.0 Å². The van der Waals surface area contributed by atoms with Crippen molar-refractivity contribution in [3.05, 3.63) is 120 Å². The molecular weight excluding hydrogens is 633 g/mol. The maximum Gasteiger partial charge on any atom is 0.264 e. The second kappa shape index (κ2) is 15.3. The van der Waals surface area contributed by atoms with Gasteiger partial charge in [-0.3, -0.25) is 13.9 Å². The van der Waals surface area contributed by atoms with E-state index in [0.29, 0.717) is 18.8 Å². The van der Waals surface area contributed by atoms with Crippen LogP contribution in [-0.2, 0) is 32.6 Å². The van der Waals surface area contributed by atoms with Crippen LogP contribution >= 0.6 is 0 Å².